The van der Waals surface area contributed by atoms with Gasteiger partial charge in [0.05, 0.1) is 19.4 Å². The molecule has 0 aliphatic carbocycles. The highest BCUT2D eigenvalue weighted by molar-refractivity contribution is 5.79. The first-order valence-electron chi connectivity index (χ1n) is 6.64. The number of carboxylic acid groups (broad SMARTS) is 1. The van der Waals surface area contributed by atoms with Crippen LogP contribution in [0.5, 0.6) is 0 Å². The summed E-state index contributed by atoms with van der Waals surface area (Å²) in [4.78, 5) is 22.3. The minimum absolute atomic E-state index is 0.0902. The molecule has 0 amide bonds. The van der Waals surface area contributed by atoms with Gasteiger partial charge in [-0.15, -0.1) is 0 Å². The van der Waals surface area contributed by atoms with Gasteiger partial charge in [0.25, 0.3) is 0 Å². The minimum atomic E-state index is -0.964. The zero-order chi connectivity index (χ0) is 14.7. The topological polar surface area (TPSA) is 63.6 Å². The summed E-state index contributed by atoms with van der Waals surface area (Å²) < 4.78 is 4.52. The van der Waals surface area contributed by atoms with Crippen molar-refractivity contribution >= 4 is 11.9 Å². The Balaban J connectivity index is 4.28. The second-order valence-electron chi connectivity index (χ2n) is 4.47. The van der Waals surface area contributed by atoms with E-state index in [0.29, 0.717) is 0 Å². The van der Waals surface area contributed by atoms with Gasteiger partial charge in [0.2, 0.25) is 0 Å². The lowest BCUT2D eigenvalue weighted by molar-refractivity contribution is -0.151. The average Bonchev–Trinajstić information content (AvgIpc) is 2.38. The molecule has 1 N–H and O–H groups in total. The normalized spacial score (nSPS) is 14.7. The molecule has 19 heavy (non-hydrogen) atoms. The van der Waals surface area contributed by atoms with Crippen LogP contribution in [0.15, 0.2) is 24.3 Å². The molecule has 0 aromatic rings. The van der Waals surface area contributed by atoms with Gasteiger partial charge in [-0.1, -0.05) is 38.2 Å². The Labute approximate surface area is 115 Å². The Kier molecular flexibility index (Phi) is 9.49. The van der Waals surface area contributed by atoms with Crippen molar-refractivity contribution in [3.05, 3.63) is 24.3 Å². The predicted molar refractivity (Wildman–Crippen MR) is 74.7 cm³/mol. The SMILES string of the molecule is CC/C=C/CC/C=C/C(C)C(CC(=O)OC)C(=O)O. The van der Waals surface area contributed by atoms with Gasteiger partial charge < -0.3 is 9.84 Å². The summed E-state index contributed by atoms with van der Waals surface area (Å²) in [5.74, 6) is -2.37. The van der Waals surface area contributed by atoms with Crippen molar-refractivity contribution in [3.63, 3.8) is 0 Å². The van der Waals surface area contributed by atoms with Crippen LogP contribution in [-0.4, -0.2) is 24.2 Å². The highest BCUT2D eigenvalue weighted by Crippen LogP contribution is 2.18. The highest BCUT2D eigenvalue weighted by atomic mass is 16.5. The Hall–Kier alpha value is -1.58. The van der Waals surface area contributed by atoms with Crippen molar-refractivity contribution in [2.45, 2.75) is 39.5 Å². The largest absolute Gasteiger partial charge is 0.481 e. The molecule has 2 atom stereocenters. The van der Waals surface area contributed by atoms with Crippen LogP contribution < -0.4 is 0 Å². The Morgan fingerprint density at radius 1 is 1.21 bits per heavy atom. The number of allylic oxidation sites excluding steroid dienone is 4. The number of rotatable bonds is 9. The number of carboxylic acids is 1. The molecule has 0 aliphatic rings. The summed E-state index contributed by atoms with van der Waals surface area (Å²) >= 11 is 0. The second kappa shape index (κ2) is 10.4. The van der Waals surface area contributed by atoms with E-state index in [1.165, 1.54) is 7.11 Å². The molecule has 0 heterocycles. The molecule has 0 aromatic heterocycles. The van der Waals surface area contributed by atoms with E-state index in [-0.39, 0.29) is 12.3 Å². The molecule has 108 valence electrons. The number of hydrogen-bond donors (Lipinski definition) is 1. The van der Waals surface area contributed by atoms with Gasteiger partial charge in [0, 0.05) is 0 Å². The van der Waals surface area contributed by atoms with Gasteiger partial charge in [0.15, 0.2) is 0 Å². The molecular formula is C15H24O4. The summed E-state index contributed by atoms with van der Waals surface area (Å²) in [6.07, 6.45) is 10.8. The summed E-state index contributed by atoms with van der Waals surface area (Å²) in [5, 5.41) is 9.11. The van der Waals surface area contributed by atoms with Crippen LogP contribution in [0.25, 0.3) is 0 Å². The lowest BCUT2D eigenvalue weighted by atomic mass is 9.90. The molecule has 0 saturated heterocycles. The molecule has 0 spiro atoms. The van der Waals surface area contributed by atoms with E-state index in [2.05, 4.69) is 23.8 Å². The zero-order valence-corrected chi connectivity index (χ0v) is 12.0. The van der Waals surface area contributed by atoms with E-state index in [1.807, 2.05) is 12.2 Å². The van der Waals surface area contributed by atoms with Gasteiger partial charge in [-0.25, -0.2) is 0 Å². The summed E-state index contributed by atoms with van der Waals surface area (Å²) in [5.41, 5.74) is 0. The monoisotopic (exact) mass is 268 g/mol. The van der Waals surface area contributed by atoms with Crippen molar-refractivity contribution in [1.82, 2.24) is 0 Å². The van der Waals surface area contributed by atoms with Gasteiger partial charge in [0.1, 0.15) is 0 Å². The maximum Gasteiger partial charge on any atom is 0.307 e. The molecule has 4 nitrogen and oxygen atoms in total. The van der Waals surface area contributed by atoms with Crippen molar-refractivity contribution < 1.29 is 19.4 Å². The van der Waals surface area contributed by atoms with Crippen LogP contribution in [-0.2, 0) is 14.3 Å². The smallest absolute Gasteiger partial charge is 0.307 e. The average molecular weight is 268 g/mol. The first-order chi connectivity index (χ1) is 9.02. The zero-order valence-electron chi connectivity index (χ0n) is 12.0. The third-order valence-corrected chi connectivity index (χ3v) is 2.91. The van der Waals surface area contributed by atoms with Crippen LogP contribution >= 0.6 is 0 Å². The van der Waals surface area contributed by atoms with Gasteiger partial charge >= 0.3 is 11.9 Å². The number of aliphatic carboxylic acids is 1. The molecule has 0 aliphatic heterocycles. The molecule has 0 radical (unpaired) electrons. The number of carbonyl (C=O) groups is 2. The van der Waals surface area contributed by atoms with Crippen LogP contribution in [0.3, 0.4) is 0 Å². The Bertz CT molecular complexity index is 331. The number of unbranched alkanes of at least 4 members (excludes halogenated alkanes) is 1. The fourth-order valence-corrected chi connectivity index (χ4v) is 1.68. The van der Waals surface area contributed by atoms with E-state index in [0.717, 1.165) is 19.3 Å². The lowest BCUT2D eigenvalue weighted by Crippen LogP contribution is -2.24. The number of carbonyl (C=O) groups excluding carboxylic acids is 1. The van der Waals surface area contributed by atoms with E-state index >= 15 is 0 Å². The number of esters is 1. The highest BCUT2D eigenvalue weighted by Gasteiger charge is 2.26. The fraction of sp³-hybridized carbons (Fsp3) is 0.600. The summed E-state index contributed by atoms with van der Waals surface area (Å²) in [6.45, 7) is 3.89. The molecular weight excluding hydrogens is 244 g/mol. The fourth-order valence-electron chi connectivity index (χ4n) is 1.68. The van der Waals surface area contributed by atoms with Gasteiger partial charge in [-0.3, -0.25) is 9.59 Å². The minimum Gasteiger partial charge on any atom is -0.481 e. The number of methoxy groups -OCH3 is 1. The van der Waals surface area contributed by atoms with Crippen molar-refractivity contribution in [3.8, 4) is 0 Å². The van der Waals surface area contributed by atoms with Crippen molar-refractivity contribution in [1.29, 1.82) is 0 Å². The maximum atomic E-state index is 11.2. The lowest BCUT2D eigenvalue weighted by Gasteiger charge is -2.15. The van der Waals surface area contributed by atoms with E-state index in [9.17, 15) is 9.59 Å². The molecule has 2 unspecified atom stereocenters. The molecule has 4 heteroatoms. The summed E-state index contributed by atoms with van der Waals surface area (Å²) in [6, 6.07) is 0. The second-order valence-corrected chi connectivity index (χ2v) is 4.47. The van der Waals surface area contributed by atoms with Crippen LogP contribution in [0.2, 0.25) is 0 Å². The van der Waals surface area contributed by atoms with Crippen LogP contribution in [0.1, 0.15) is 39.5 Å². The molecule has 0 saturated carbocycles. The molecule has 0 fully saturated rings. The maximum absolute atomic E-state index is 11.2. The van der Waals surface area contributed by atoms with Gasteiger partial charge in [-0.05, 0) is 25.2 Å². The Morgan fingerprint density at radius 3 is 2.37 bits per heavy atom. The Morgan fingerprint density at radius 2 is 1.84 bits per heavy atom. The van der Waals surface area contributed by atoms with Crippen molar-refractivity contribution in [2.24, 2.45) is 11.8 Å². The predicted octanol–water partition coefficient (Wildman–Crippen LogP) is 3.19. The van der Waals surface area contributed by atoms with Crippen LogP contribution in [0.4, 0.5) is 0 Å². The van der Waals surface area contributed by atoms with Crippen molar-refractivity contribution in [2.75, 3.05) is 7.11 Å². The van der Waals surface area contributed by atoms with E-state index in [1.54, 1.807) is 6.92 Å². The quantitative estimate of drug-likeness (QED) is 0.396. The summed E-state index contributed by atoms with van der Waals surface area (Å²) in [7, 11) is 1.27. The number of ether oxygens (including phenoxy) is 1. The molecule has 0 bridgehead atoms. The third-order valence-electron chi connectivity index (χ3n) is 2.91. The van der Waals surface area contributed by atoms with E-state index in [4.69, 9.17) is 5.11 Å². The first-order valence-corrected chi connectivity index (χ1v) is 6.64. The van der Waals surface area contributed by atoms with E-state index < -0.39 is 17.9 Å². The standard InChI is InChI=1S/C15H24O4/c1-4-5-6-7-8-9-10-12(2)13(15(17)18)11-14(16)19-3/h5-6,9-10,12-13H,4,7-8,11H2,1-3H3,(H,17,18)/b6-5+,10-9+. The molecule has 0 rings (SSSR count). The number of hydrogen-bond acceptors (Lipinski definition) is 3. The van der Waals surface area contributed by atoms with Crippen LogP contribution in [0, 0.1) is 11.8 Å². The molecule has 0 aromatic carbocycles. The van der Waals surface area contributed by atoms with Gasteiger partial charge in [-0.2, -0.15) is 0 Å². The third kappa shape index (κ3) is 8.19. The first kappa shape index (κ1) is 17.4.